The van der Waals surface area contributed by atoms with Crippen LogP contribution in [0.15, 0.2) is 18.2 Å². The molecule has 5 heteroatoms. The van der Waals surface area contributed by atoms with Crippen LogP contribution >= 0.6 is 11.6 Å². The molecule has 0 aliphatic carbocycles. The highest BCUT2D eigenvalue weighted by Gasteiger charge is 2.24. The topological polar surface area (TPSA) is 58.4 Å². The molecule has 0 saturated heterocycles. The average Bonchev–Trinajstić information content (AvgIpc) is 2.21. The maximum atomic E-state index is 12.2. The van der Waals surface area contributed by atoms with Gasteiger partial charge in [-0.1, -0.05) is 25.4 Å². The summed E-state index contributed by atoms with van der Waals surface area (Å²) in [6.07, 6.45) is 0. The van der Waals surface area contributed by atoms with E-state index >= 15 is 0 Å². The molecule has 0 heterocycles. The Labute approximate surface area is 113 Å². The van der Waals surface area contributed by atoms with E-state index in [1.807, 2.05) is 32.8 Å². The minimum atomic E-state index is -0.196. The third-order valence-electron chi connectivity index (χ3n) is 2.71. The minimum Gasteiger partial charge on any atom is -0.399 e. The van der Waals surface area contributed by atoms with E-state index in [0.717, 1.165) is 0 Å². The molecular weight excluding hydrogens is 250 g/mol. The number of halogens is 1. The zero-order valence-electron chi connectivity index (χ0n) is 11.2. The second kappa shape index (κ2) is 6.07. The number of carbonyl (C=O) groups is 1. The lowest BCUT2D eigenvalue weighted by Gasteiger charge is -2.26. The van der Waals surface area contributed by atoms with Crippen LogP contribution in [0.3, 0.4) is 0 Å². The Morgan fingerprint density at radius 1 is 1.39 bits per heavy atom. The molecule has 0 saturated carbocycles. The van der Waals surface area contributed by atoms with Crippen LogP contribution in [0.25, 0.3) is 0 Å². The number of likely N-dealkylation sites (N-methyl/N-ethyl adjacent to an activating group) is 1. The first-order chi connectivity index (χ1) is 8.32. The summed E-state index contributed by atoms with van der Waals surface area (Å²) in [7, 11) is 3.77. The number of nitrogen functional groups attached to an aromatic ring is 1. The molecule has 0 bridgehead atoms. The number of anilines is 2. The molecular formula is C13H20ClN3O. The molecule has 1 rings (SSSR count). The summed E-state index contributed by atoms with van der Waals surface area (Å²) < 4.78 is 0. The number of benzene rings is 1. The van der Waals surface area contributed by atoms with Crippen molar-refractivity contribution in [3.05, 3.63) is 23.2 Å². The van der Waals surface area contributed by atoms with Crippen LogP contribution in [-0.4, -0.2) is 30.9 Å². The lowest BCUT2D eigenvalue weighted by molar-refractivity contribution is -0.121. The lowest BCUT2D eigenvalue weighted by atomic mass is 10.0. The van der Waals surface area contributed by atoms with Crippen molar-refractivity contribution in [3.8, 4) is 0 Å². The summed E-state index contributed by atoms with van der Waals surface area (Å²) in [6.45, 7) is 4.02. The van der Waals surface area contributed by atoms with Crippen molar-refractivity contribution in [2.24, 2.45) is 5.92 Å². The van der Waals surface area contributed by atoms with Gasteiger partial charge in [0.25, 0.3) is 0 Å². The Hall–Kier alpha value is -1.26. The average molecular weight is 270 g/mol. The lowest BCUT2D eigenvalue weighted by Crippen LogP contribution is -2.43. The maximum Gasteiger partial charge on any atom is 0.242 e. The van der Waals surface area contributed by atoms with Gasteiger partial charge in [-0.15, -0.1) is 0 Å². The van der Waals surface area contributed by atoms with Gasteiger partial charge in [-0.25, -0.2) is 0 Å². The molecule has 0 aliphatic rings. The van der Waals surface area contributed by atoms with Gasteiger partial charge in [0, 0.05) is 5.69 Å². The van der Waals surface area contributed by atoms with Crippen LogP contribution in [-0.2, 0) is 4.79 Å². The van der Waals surface area contributed by atoms with Gasteiger partial charge in [0.2, 0.25) is 5.91 Å². The van der Waals surface area contributed by atoms with E-state index in [2.05, 4.69) is 5.32 Å². The third-order valence-corrected chi connectivity index (χ3v) is 3.02. The van der Waals surface area contributed by atoms with Crippen LogP contribution in [0.1, 0.15) is 13.8 Å². The summed E-state index contributed by atoms with van der Waals surface area (Å²) in [6, 6.07) is 4.85. The van der Waals surface area contributed by atoms with Crippen LogP contribution in [0, 0.1) is 5.92 Å². The van der Waals surface area contributed by atoms with Crippen LogP contribution < -0.4 is 11.1 Å². The van der Waals surface area contributed by atoms with Gasteiger partial charge in [0.15, 0.2) is 0 Å². The number of amides is 1. The molecule has 1 unspecified atom stereocenters. The Bertz CT molecular complexity index is 424. The fourth-order valence-corrected chi connectivity index (χ4v) is 2.21. The number of hydrogen-bond acceptors (Lipinski definition) is 3. The third kappa shape index (κ3) is 3.62. The van der Waals surface area contributed by atoms with Gasteiger partial charge in [0.1, 0.15) is 0 Å². The first-order valence-electron chi connectivity index (χ1n) is 5.85. The van der Waals surface area contributed by atoms with Crippen molar-refractivity contribution in [2.75, 3.05) is 25.1 Å². The normalized spacial score (nSPS) is 12.8. The Balaban J connectivity index is 2.86. The van der Waals surface area contributed by atoms with E-state index < -0.39 is 0 Å². The van der Waals surface area contributed by atoms with E-state index in [0.29, 0.717) is 16.4 Å². The van der Waals surface area contributed by atoms with E-state index in [9.17, 15) is 4.79 Å². The predicted octanol–water partition coefficient (Wildman–Crippen LogP) is 2.45. The molecule has 0 aliphatic heterocycles. The largest absolute Gasteiger partial charge is 0.399 e. The zero-order chi connectivity index (χ0) is 13.9. The molecule has 1 aromatic rings. The smallest absolute Gasteiger partial charge is 0.242 e. The molecule has 100 valence electrons. The summed E-state index contributed by atoms with van der Waals surface area (Å²) in [4.78, 5) is 14.1. The van der Waals surface area contributed by atoms with Gasteiger partial charge in [-0.3, -0.25) is 9.69 Å². The van der Waals surface area contributed by atoms with E-state index in [1.54, 1.807) is 18.2 Å². The van der Waals surface area contributed by atoms with Crippen LogP contribution in [0.2, 0.25) is 5.02 Å². The molecule has 3 N–H and O–H groups in total. The highest BCUT2D eigenvalue weighted by Crippen LogP contribution is 2.24. The van der Waals surface area contributed by atoms with Gasteiger partial charge in [0.05, 0.1) is 16.8 Å². The Morgan fingerprint density at radius 2 is 2.00 bits per heavy atom. The van der Waals surface area contributed by atoms with E-state index in [4.69, 9.17) is 17.3 Å². The van der Waals surface area contributed by atoms with Gasteiger partial charge >= 0.3 is 0 Å². The SMILES string of the molecule is CC(C)C(C(=O)Nc1ccc(N)cc1Cl)N(C)C. The van der Waals surface area contributed by atoms with Crippen molar-refractivity contribution < 1.29 is 4.79 Å². The van der Waals surface area contributed by atoms with E-state index in [1.165, 1.54) is 0 Å². The zero-order valence-corrected chi connectivity index (χ0v) is 12.0. The molecule has 1 atom stereocenters. The van der Waals surface area contributed by atoms with Crippen LogP contribution in [0.4, 0.5) is 11.4 Å². The Kier molecular flexibility index (Phi) is 4.99. The molecule has 0 radical (unpaired) electrons. The first kappa shape index (κ1) is 14.8. The molecule has 18 heavy (non-hydrogen) atoms. The fourth-order valence-electron chi connectivity index (χ4n) is 1.97. The number of nitrogens with one attached hydrogen (secondary N) is 1. The van der Waals surface area contributed by atoms with Gasteiger partial charge in [-0.05, 0) is 38.2 Å². The van der Waals surface area contributed by atoms with Crippen molar-refractivity contribution in [1.29, 1.82) is 0 Å². The number of nitrogens with two attached hydrogens (primary N) is 1. The second-order valence-electron chi connectivity index (χ2n) is 4.88. The highest BCUT2D eigenvalue weighted by atomic mass is 35.5. The highest BCUT2D eigenvalue weighted by molar-refractivity contribution is 6.34. The minimum absolute atomic E-state index is 0.0679. The molecule has 4 nitrogen and oxygen atoms in total. The Morgan fingerprint density at radius 3 is 2.44 bits per heavy atom. The van der Waals surface area contributed by atoms with Crippen molar-refractivity contribution in [1.82, 2.24) is 4.90 Å². The predicted molar refractivity (Wildman–Crippen MR) is 76.8 cm³/mol. The quantitative estimate of drug-likeness (QED) is 0.826. The second-order valence-corrected chi connectivity index (χ2v) is 5.29. The van der Waals surface area contributed by atoms with E-state index in [-0.39, 0.29) is 17.9 Å². The van der Waals surface area contributed by atoms with Gasteiger partial charge in [-0.2, -0.15) is 0 Å². The number of hydrogen-bond donors (Lipinski definition) is 2. The standard InChI is InChI=1S/C13H20ClN3O/c1-8(2)12(17(3)4)13(18)16-11-6-5-9(15)7-10(11)14/h5-8,12H,15H2,1-4H3,(H,16,18). The summed E-state index contributed by atoms with van der Waals surface area (Å²) in [5, 5.41) is 3.28. The molecule has 0 aromatic heterocycles. The van der Waals surface area contributed by atoms with Crippen LogP contribution in [0.5, 0.6) is 0 Å². The van der Waals surface area contributed by atoms with Crippen molar-refractivity contribution in [2.45, 2.75) is 19.9 Å². The fraction of sp³-hybridized carbons (Fsp3) is 0.462. The summed E-state index contributed by atoms with van der Waals surface area (Å²) in [5.74, 6) is 0.147. The molecule has 1 amide bonds. The number of carbonyl (C=O) groups excluding carboxylic acids is 1. The summed E-state index contributed by atoms with van der Waals surface area (Å²) in [5.41, 5.74) is 6.77. The molecule has 0 spiro atoms. The van der Waals surface area contributed by atoms with Gasteiger partial charge < -0.3 is 11.1 Å². The first-order valence-corrected chi connectivity index (χ1v) is 6.23. The molecule has 1 aromatic carbocycles. The van der Waals surface area contributed by atoms with Crippen molar-refractivity contribution in [3.63, 3.8) is 0 Å². The molecule has 0 fully saturated rings. The monoisotopic (exact) mass is 269 g/mol. The number of rotatable bonds is 4. The summed E-state index contributed by atoms with van der Waals surface area (Å²) >= 11 is 6.03. The number of nitrogens with zero attached hydrogens (tertiary/aromatic N) is 1. The maximum absolute atomic E-state index is 12.2. The van der Waals surface area contributed by atoms with Crippen molar-refractivity contribution >= 4 is 28.9 Å².